The zero-order chi connectivity index (χ0) is 43.0. The Kier molecular flexibility index (Phi) is 34.2. The molecule has 0 aliphatic carbocycles. The van der Waals surface area contributed by atoms with Crippen LogP contribution >= 0.6 is 0 Å². The summed E-state index contributed by atoms with van der Waals surface area (Å²) in [4.78, 5) is 40.4. The van der Waals surface area contributed by atoms with E-state index in [0.717, 1.165) is 96.4 Å². The summed E-state index contributed by atoms with van der Waals surface area (Å²) in [5, 5.41) is 0. The third kappa shape index (κ3) is 31.9. The molecule has 7 heteroatoms. The molecule has 0 bridgehead atoms. The Labute approximate surface area is 354 Å². The highest BCUT2D eigenvalue weighted by atomic mass is 16.5. The minimum atomic E-state index is -0.0406. The maximum atomic E-state index is 13.3. The molecule has 0 saturated carbocycles. The van der Waals surface area contributed by atoms with E-state index < -0.39 is 0 Å². The largest absolute Gasteiger partial charge is 0.465 e. The predicted molar refractivity (Wildman–Crippen MR) is 241 cm³/mol. The molecule has 0 aromatic carbocycles. The van der Waals surface area contributed by atoms with E-state index in [9.17, 15) is 14.4 Å². The molecular weight excluding hydrogens is 711 g/mol. The molecule has 0 spiro atoms. The van der Waals surface area contributed by atoms with Gasteiger partial charge in [0.05, 0.1) is 19.1 Å². The minimum absolute atomic E-state index is 0.0134. The molecule has 0 aromatic rings. The van der Waals surface area contributed by atoms with E-state index >= 15 is 0 Å². The lowest BCUT2D eigenvalue weighted by molar-refractivity contribution is -0.150. The molecule has 0 aromatic heterocycles. The summed E-state index contributed by atoms with van der Waals surface area (Å²) in [6.07, 6.45) is 22.8. The fourth-order valence-corrected chi connectivity index (χ4v) is 7.81. The van der Waals surface area contributed by atoms with E-state index in [1.165, 1.54) is 38.5 Å². The van der Waals surface area contributed by atoms with Gasteiger partial charge in [-0.3, -0.25) is 19.3 Å². The van der Waals surface area contributed by atoms with Crippen LogP contribution in [0.3, 0.4) is 0 Å². The van der Waals surface area contributed by atoms with Gasteiger partial charge >= 0.3 is 17.9 Å². The number of rotatable bonds is 38. The van der Waals surface area contributed by atoms with E-state index in [1.807, 2.05) is 0 Å². The van der Waals surface area contributed by atoms with Gasteiger partial charge in [0.2, 0.25) is 0 Å². The van der Waals surface area contributed by atoms with Crippen LogP contribution in [-0.2, 0) is 28.6 Å². The highest BCUT2D eigenvalue weighted by molar-refractivity contribution is 5.72. The molecule has 0 saturated heterocycles. The first-order valence-electron chi connectivity index (χ1n) is 24.3. The zero-order valence-corrected chi connectivity index (χ0v) is 40.0. The predicted octanol–water partition coefficient (Wildman–Crippen LogP) is 13.8. The second kappa shape index (κ2) is 35.2. The summed E-state index contributed by atoms with van der Waals surface area (Å²) >= 11 is 0. The summed E-state index contributed by atoms with van der Waals surface area (Å²) in [7, 11) is 0. The van der Waals surface area contributed by atoms with Gasteiger partial charge < -0.3 is 14.2 Å². The summed E-state index contributed by atoms with van der Waals surface area (Å²) < 4.78 is 17.2. The average Bonchev–Trinajstić information content (AvgIpc) is 3.13. The van der Waals surface area contributed by atoms with Gasteiger partial charge in [-0.15, -0.1) is 0 Å². The normalized spacial score (nSPS) is 13.7. The van der Waals surface area contributed by atoms with Crippen molar-refractivity contribution in [2.24, 2.45) is 41.4 Å². The number of esters is 3. The summed E-state index contributed by atoms with van der Waals surface area (Å²) in [6, 6.07) is 0.844. The van der Waals surface area contributed by atoms with Crippen molar-refractivity contribution in [1.82, 2.24) is 4.90 Å². The highest BCUT2D eigenvalue weighted by Crippen LogP contribution is 2.24. The number of hydrogen-bond acceptors (Lipinski definition) is 7. The summed E-state index contributed by atoms with van der Waals surface area (Å²) in [5.74, 6) is 3.23. The molecule has 0 aliphatic rings. The van der Waals surface area contributed by atoms with E-state index in [2.05, 4.69) is 88.0 Å². The Hall–Kier alpha value is -1.63. The summed E-state index contributed by atoms with van der Waals surface area (Å²) in [5.41, 5.74) is 0. The molecule has 0 fully saturated rings. The Morgan fingerprint density at radius 1 is 0.421 bits per heavy atom. The highest BCUT2D eigenvalue weighted by Gasteiger charge is 2.21. The fraction of sp³-hybridized carbons (Fsp3) is 0.940. The van der Waals surface area contributed by atoms with Crippen molar-refractivity contribution in [1.29, 1.82) is 0 Å². The van der Waals surface area contributed by atoms with Crippen LogP contribution in [0, 0.1) is 41.4 Å². The Balaban J connectivity index is 4.46. The fourth-order valence-electron chi connectivity index (χ4n) is 7.81. The number of carbonyl (C=O) groups excluding carboxylic acids is 3. The van der Waals surface area contributed by atoms with Crippen molar-refractivity contribution in [3.8, 4) is 0 Å². The van der Waals surface area contributed by atoms with E-state index in [4.69, 9.17) is 14.2 Å². The van der Waals surface area contributed by atoms with E-state index in [1.54, 1.807) is 0 Å². The maximum absolute atomic E-state index is 13.3. The lowest BCUT2D eigenvalue weighted by Gasteiger charge is -2.30. The monoisotopic (exact) mass is 808 g/mol. The van der Waals surface area contributed by atoms with E-state index in [-0.39, 0.29) is 23.8 Å². The maximum Gasteiger partial charge on any atom is 0.308 e. The number of hydrogen-bond donors (Lipinski definition) is 0. The molecule has 2 atom stereocenters. The molecule has 0 aliphatic heterocycles. The Morgan fingerprint density at radius 2 is 0.772 bits per heavy atom. The molecule has 2 unspecified atom stereocenters. The van der Waals surface area contributed by atoms with Crippen molar-refractivity contribution < 1.29 is 28.6 Å². The van der Waals surface area contributed by atoms with Crippen LogP contribution in [0.1, 0.15) is 224 Å². The van der Waals surface area contributed by atoms with Gasteiger partial charge in [-0.25, -0.2) is 0 Å². The number of carbonyl (C=O) groups is 3. The third-order valence-electron chi connectivity index (χ3n) is 12.2. The quantitative estimate of drug-likeness (QED) is 0.0349. The van der Waals surface area contributed by atoms with Gasteiger partial charge in [0.15, 0.2) is 0 Å². The zero-order valence-electron chi connectivity index (χ0n) is 40.0. The molecular formula is C50H97NO6. The minimum Gasteiger partial charge on any atom is -0.465 e. The van der Waals surface area contributed by atoms with Gasteiger partial charge in [0.1, 0.15) is 6.61 Å². The topological polar surface area (TPSA) is 82.1 Å². The van der Waals surface area contributed by atoms with Crippen LogP contribution in [0.25, 0.3) is 0 Å². The molecule has 0 N–H and O–H groups in total. The molecule has 0 radical (unpaired) electrons. The smallest absolute Gasteiger partial charge is 0.308 e. The number of unbranched alkanes of at least 4 members (excludes halogenated alkanes) is 12. The van der Waals surface area contributed by atoms with Gasteiger partial charge in [-0.2, -0.15) is 0 Å². The second-order valence-corrected chi connectivity index (χ2v) is 19.6. The van der Waals surface area contributed by atoms with Crippen molar-refractivity contribution >= 4 is 17.9 Å². The lowest BCUT2D eigenvalue weighted by atomic mass is 9.89. The molecule has 57 heavy (non-hydrogen) atoms. The number of ether oxygens (including phenoxy) is 3. The van der Waals surface area contributed by atoms with Crippen LogP contribution in [0.15, 0.2) is 0 Å². The van der Waals surface area contributed by atoms with E-state index in [0.29, 0.717) is 80.3 Å². The Morgan fingerprint density at radius 3 is 1.11 bits per heavy atom. The van der Waals surface area contributed by atoms with Crippen molar-refractivity contribution in [3.05, 3.63) is 0 Å². The first-order valence-corrected chi connectivity index (χ1v) is 24.3. The molecule has 0 rings (SSSR count). The third-order valence-corrected chi connectivity index (χ3v) is 12.2. The molecule has 338 valence electrons. The second-order valence-electron chi connectivity index (χ2n) is 19.6. The van der Waals surface area contributed by atoms with Crippen LogP contribution in [0.5, 0.6) is 0 Å². The van der Waals surface area contributed by atoms with Gasteiger partial charge in [0.25, 0.3) is 0 Å². The SMILES string of the molecule is CC(C)CCC(COC(=O)CCCCCCCCCC(CCCCCCCCCC(=O)OCC(CCC(C)C)C(C)C)C(=O)OCCN(C(C)C)C(C)C)C(C)C. The summed E-state index contributed by atoms with van der Waals surface area (Å²) in [6.45, 7) is 29.1. The average molecular weight is 808 g/mol. The van der Waals surface area contributed by atoms with Crippen molar-refractivity contribution in [2.45, 2.75) is 236 Å². The number of nitrogens with zero attached hydrogens (tertiary/aromatic N) is 1. The van der Waals surface area contributed by atoms with Crippen LogP contribution in [0.4, 0.5) is 0 Å². The molecule has 0 heterocycles. The Bertz CT molecular complexity index is 910. The van der Waals surface area contributed by atoms with Gasteiger partial charge in [-0.1, -0.05) is 145 Å². The van der Waals surface area contributed by atoms with Crippen LogP contribution in [-0.4, -0.2) is 61.3 Å². The van der Waals surface area contributed by atoms with Gasteiger partial charge in [0, 0.05) is 31.5 Å². The molecule has 7 nitrogen and oxygen atoms in total. The van der Waals surface area contributed by atoms with Crippen LogP contribution in [0.2, 0.25) is 0 Å². The molecule has 0 amide bonds. The first-order chi connectivity index (χ1) is 27.0. The standard InChI is InChI=1S/C50H97NO6/c1-39(2)31-33-46(41(5)6)37-56-48(52)29-25-21-17-13-15-19-23-27-45(50(54)55-36-35-51(43(9)10)44(11)12)28-24-20-16-14-18-22-26-30-49(53)57-38-47(42(7)8)34-32-40(3)4/h39-47H,13-38H2,1-12H3. The van der Waals surface area contributed by atoms with Crippen LogP contribution < -0.4 is 0 Å². The van der Waals surface area contributed by atoms with Crippen molar-refractivity contribution in [2.75, 3.05) is 26.4 Å². The van der Waals surface area contributed by atoms with Crippen molar-refractivity contribution in [3.63, 3.8) is 0 Å². The lowest BCUT2D eigenvalue weighted by Crippen LogP contribution is -2.39. The van der Waals surface area contributed by atoms with Gasteiger partial charge in [-0.05, 0) is 102 Å². The first kappa shape index (κ1) is 55.4.